The molecule has 1 aromatic carbocycles. The van der Waals surface area contributed by atoms with Crippen molar-refractivity contribution >= 4 is 17.7 Å². The molecule has 0 bridgehead atoms. The zero-order valence-electron chi connectivity index (χ0n) is 16.6. The highest BCUT2D eigenvalue weighted by Crippen LogP contribution is 2.43. The van der Waals surface area contributed by atoms with E-state index in [4.69, 9.17) is 0 Å². The fourth-order valence-electron chi connectivity index (χ4n) is 2.11. The quantitative estimate of drug-likeness (QED) is 0.454. The average molecular weight is 528 g/mol. The molecule has 0 unspecified atom stereocenters. The third kappa shape index (κ3) is 8.60. The molecule has 0 aliphatic carbocycles. The summed E-state index contributed by atoms with van der Waals surface area (Å²) in [4.78, 5) is 18.7. The monoisotopic (exact) mass is 528 g/mol. The van der Waals surface area contributed by atoms with Gasteiger partial charge in [-0.3, -0.25) is 5.32 Å². The molecule has 35 heavy (non-hydrogen) atoms. The number of ether oxygens (including phenoxy) is 2. The molecule has 0 spiro atoms. The Labute approximate surface area is 187 Å². The van der Waals surface area contributed by atoms with Crippen molar-refractivity contribution in [2.75, 3.05) is 23.8 Å². The molecule has 1 heterocycles. The van der Waals surface area contributed by atoms with Gasteiger partial charge in [-0.1, -0.05) is 12.1 Å². The van der Waals surface area contributed by atoms with E-state index < -0.39 is 67.0 Å². The molecule has 194 valence electrons. The van der Waals surface area contributed by atoms with E-state index in [-0.39, 0.29) is 5.69 Å². The van der Waals surface area contributed by atoms with Crippen LogP contribution in [0.25, 0.3) is 0 Å². The maximum absolute atomic E-state index is 13.3. The summed E-state index contributed by atoms with van der Waals surface area (Å²) in [6.07, 6.45) is -15.6. The van der Waals surface area contributed by atoms with Crippen LogP contribution in [0.5, 0.6) is 11.8 Å². The second kappa shape index (κ2) is 9.95. The van der Waals surface area contributed by atoms with Gasteiger partial charge in [0.05, 0.1) is 6.07 Å². The van der Waals surface area contributed by atoms with Gasteiger partial charge >= 0.3 is 30.5 Å². The molecule has 2 N–H and O–H groups in total. The largest absolute Gasteiger partial charge is 0.468 e. The molecule has 7 nitrogen and oxygen atoms in total. The first-order valence-electron chi connectivity index (χ1n) is 8.77. The van der Waals surface area contributed by atoms with E-state index in [1.807, 2.05) is 10.6 Å². The number of carbonyl (C=O) groups is 1. The lowest BCUT2D eigenvalue weighted by Crippen LogP contribution is -2.33. The third-order valence-electron chi connectivity index (χ3n) is 3.53. The van der Waals surface area contributed by atoms with Gasteiger partial charge in [-0.05, 0) is 12.1 Å². The van der Waals surface area contributed by atoms with E-state index >= 15 is 0 Å². The van der Waals surface area contributed by atoms with Crippen LogP contribution in [-0.4, -0.2) is 47.7 Å². The van der Waals surface area contributed by atoms with E-state index in [2.05, 4.69) is 19.4 Å². The highest BCUT2D eigenvalue weighted by atomic mass is 19.4. The van der Waals surface area contributed by atoms with Gasteiger partial charge < -0.3 is 14.8 Å². The Morgan fingerprint density at radius 2 is 1.20 bits per heavy atom. The minimum absolute atomic E-state index is 0.317. The fraction of sp³-hybridized carbons (Fsp3) is 0.353. The van der Waals surface area contributed by atoms with Crippen LogP contribution in [-0.2, 0) is 5.92 Å². The number of urea groups is 1. The number of carbonyl (C=O) groups excluding carboxylic acids is 1. The van der Waals surface area contributed by atoms with Gasteiger partial charge in [-0.15, -0.1) is 0 Å². The number of hydrogen-bond acceptors (Lipinski definition) is 5. The second-order valence-corrected chi connectivity index (χ2v) is 6.40. The number of rotatable bonds is 7. The number of aromatic nitrogens is 2. The molecule has 2 aromatic rings. The zero-order valence-corrected chi connectivity index (χ0v) is 16.6. The first-order chi connectivity index (χ1) is 15.9. The number of nitrogens with zero attached hydrogens (tertiary/aromatic N) is 2. The van der Waals surface area contributed by atoms with Crippen LogP contribution in [0.2, 0.25) is 0 Å². The lowest BCUT2D eigenvalue weighted by atomic mass is 10.1. The lowest BCUT2D eigenvalue weighted by Gasteiger charge is -2.20. The minimum atomic E-state index is -5.87. The topological polar surface area (TPSA) is 85.4 Å². The van der Waals surface area contributed by atoms with E-state index in [0.29, 0.717) is 30.3 Å². The summed E-state index contributed by atoms with van der Waals surface area (Å²) in [5.74, 6) is -7.92. The number of hydrogen-bond donors (Lipinski definition) is 2. The summed E-state index contributed by atoms with van der Waals surface area (Å²) < 4.78 is 146. The summed E-state index contributed by atoms with van der Waals surface area (Å²) in [5.41, 5.74) is -1.75. The Morgan fingerprint density at radius 3 is 1.60 bits per heavy atom. The normalized spacial score (nSPS) is 12.8. The van der Waals surface area contributed by atoms with E-state index in [1.165, 1.54) is 0 Å². The second-order valence-electron chi connectivity index (χ2n) is 6.40. The molecule has 0 radical (unpaired) electrons. The Hall–Kier alpha value is -3.60. The van der Waals surface area contributed by atoms with Gasteiger partial charge in [0.15, 0.2) is 13.2 Å². The van der Waals surface area contributed by atoms with Crippen LogP contribution in [0, 0.1) is 0 Å². The highest BCUT2D eigenvalue weighted by Gasteiger charge is 2.58. The SMILES string of the molecule is O=C(Nc1ccc(C(F)(F)C(F)(F)F)cc1)Nc1nc(OCC(F)(F)F)cc(OCC(F)(F)F)n1. The van der Waals surface area contributed by atoms with E-state index in [1.54, 1.807) is 0 Å². The van der Waals surface area contributed by atoms with E-state index in [9.17, 15) is 53.1 Å². The van der Waals surface area contributed by atoms with Gasteiger partial charge in [0.2, 0.25) is 17.7 Å². The number of halogens is 11. The molecular formula is C17H11F11N4O3. The van der Waals surface area contributed by atoms with Crippen molar-refractivity contribution in [2.24, 2.45) is 0 Å². The van der Waals surface area contributed by atoms with Gasteiger partial charge in [-0.25, -0.2) is 4.79 Å². The van der Waals surface area contributed by atoms with Gasteiger partial charge in [-0.2, -0.15) is 58.3 Å². The van der Waals surface area contributed by atoms with Crippen LogP contribution in [0.15, 0.2) is 30.3 Å². The summed E-state index contributed by atoms with van der Waals surface area (Å²) in [6.45, 7) is -3.80. The van der Waals surface area contributed by atoms with Crippen LogP contribution in [0.3, 0.4) is 0 Å². The van der Waals surface area contributed by atoms with Gasteiger partial charge in [0, 0.05) is 11.3 Å². The first-order valence-corrected chi connectivity index (χ1v) is 8.77. The lowest BCUT2D eigenvalue weighted by molar-refractivity contribution is -0.289. The summed E-state index contributed by atoms with van der Waals surface area (Å²) in [7, 11) is 0. The number of anilines is 2. The molecule has 0 fully saturated rings. The van der Waals surface area contributed by atoms with Crippen LogP contribution < -0.4 is 20.1 Å². The number of benzene rings is 1. The Morgan fingerprint density at radius 1 is 0.743 bits per heavy atom. The Balaban J connectivity index is 2.15. The number of nitrogens with one attached hydrogen (secondary N) is 2. The molecule has 2 amide bonds. The van der Waals surface area contributed by atoms with Crippen LogP contribution in [0.1, 0.15) is 5.56 Å². The van der Waals surface area contributed by atoms with Crippen molar-refractivity contribution < 1.29 is 62.6 Å². The number of alkyl halides is 11. The smallest absolute Gasteiger partial charge is 0.458 e. The fourth-order valence-corrected chi connectivity index (χ4v) is 2.11. The number of amides is 2. The van der Waals surface area contributed by atoms with Gasteiger partial charge in [0.1, 0.15) is 0 Å². The maximum atomic E-state index is 13.3. The molecular weight excluding hydrogens is 517 g/mol. The Bertz CT molecular complexity index is 986. The van der Waals surface area contributed by atoms with Crippen molar-refractivity contribution in [1.82, 2.24) is 9.97 Å². The van der Waals surface area contributed by atoms with Gasteiger partial charge in [0.25, 0.3) is 0 Å². The van der Waals surface area contributed by atoms with Crippen LogP contribution in [0.4, 0.5) is 64.7 Å². The Kier molecular flexibility index (Phi) is 7.86. The molecule has 0 aliphatic heterocycles. The maximum Gasteiger partial charge on any atom is 0.458 e. The highest BCUT2D eigenvalue weighted by molar-refractivity contribution is 5.98. The van der Waals surface area contributed by atoms with Crippen molar-refractivity contribution in [2.45, 2.75) is 24.5 Å². The molecule has 1 aromatic heterocycles. The first kappa shape index (κ1) is 27.6. The molecule has 0 saturated carbocycles. The predicted octanol–water partition coefficient (Wildman–Crippen LogP) is 5.66. The molecule has 0 aliphatic rings. The van der Waals surface area contributed by atoms with Crippen molar-refractivity contribution in [3.8, 4) is 11.8 Å². The minimum Gasteiger partial charge on any atom is -0.468 e. The summed E-state index contributed by atoms with van der Waals surface area (Å²) >= 11 is 0. The molecule has 0 saturated heterocycles. The van der Waals surface area contributed by atoms with Crippen molar-refractivity contribution in [3.63, 3.8) is 0 Å². The summed E-state index contributed by atoms with van der Waals surface area (Å²) in [6, 6.07) is 1.28. The van der Waals surface area contributed by atoms with Crippen molar-refractivity contribution in [1.29, 1.82) is 0 Å². The molecule has 18 heteroatoms. The molecule has 0 atom stereocenters. The standard InChI is InChI=1S/C17H11F11N4O3/c18-14(19,20)6-34-10-5-11(35-7-15(21,22)23)31-12(30-10)32-13(33)29-9-3-1-8(2-4-9)16(24,25)17(26,27)28/h1-5H,6-7H2,(H2,29,30,31,32,33). The molecule has 2 rings (SSSR count). The van der Waals surface area contributed by atoms with Crippen LogP contribution >= 0.6 is 0 Å². The van der Waals surface area contributed by atoms with E-state index in [0.717, 1.165) is 0 Å². The average Bonchev–Trinajstić information content (AvgIpc) is 2.69. The van der Waals surface area contributed by atoms with Crippen molar-refractivity contribution in [3.05, 3.63) is 35.9 Å². The predicted molar refractivity (Wildman–Crippen MR) is 94.2 cm³/mol. The summed E-state index contributed by atoms with van der Waals surface area (Å²) in [5, 5.41) is 3.77. The third-order valence-corrected chi connectivity index (χ3v) is 3.53. The zero-order chi connectivity index (χ0) is 26.7.